The summed E-state index contributed by atoms with van der Waals surface area (Å²) in [5, 5.41) is 14.1. The zero-order chi connectivity index (χ0) is 26.5. The van der Waals surface area contributed by atoms with Crippen LogP contribution in [0.2, 0.25) is 0 Å². The van der Waals surface area contributed by atoms with Crippen LogP contribution in [0.3, 0.4) is 0 Å². The van der Waals surface area contributed by atoms with Gasteiger partial charge in [0, 0.05) is 48.4 Å². The smallest absolute Gasteiger partial charge is 0.324 e. The van der Waals surface area contributed by atoms with Crippen molar-refractivity contribution in [1.29, 1.82) is 0 Å². The van der Waals surface area contributed by atoms with Crippen LogP contribution in [-0.4, -0.2) is 70.1 Å². The monoisotopic (exact) mass is 519 g/mol. The molecule has 0 atom stereocenters. The highest BCUT2D eigenvalue weighted by Crippen LogP contribution is 2.25. The first-order valence-electron chi connectivity index (χ1n) is 12.8. The molecule has 4 heterocycles. The lowest BCUT2D eigenvalue weighted by Crippen LogP contribution is -2.37. The van der Waals surface area contributed by atoms with Gasteiger partial charge in [0.25, 0.3) is 0 Å². The van der Waals surface area contributed by atoms with Gasteiger partial charge < -0.3 is 19.3 Å². The van der Waals surface area contributed by atoms with Crippen molar-refractivity contribution < 1.29 is 18.8 Å². The van der Waals surface area contributed by atoms with Crippen LogP contribution in [0.1, 0.15) is 33.0 Å². The minimum atomic E-state index is -0.404. The van der Waals surface area contributed by atoms with E-state index in [4.69, 9.17) is 14.0 Å². The van der Waals surface area contributed by atoms with E-state index in [0.29, 0.717) is 29.8 Å². The zero-order valence-electron chi connectivity index (χ0n) is 21.9. The summed E-state index contributed by atoms with van der Waals surface area (Å²) < 4.78 is 18.4. The van der Waals surface area contributed by atoms with Gasteiger partial charge in [-0.25, -0.2) is 14.3 Å². The van der Waals surface area contributed by atoms with Gasteiger partial charge in [-0.05, 0) is 24.6 Å². The SMILES string of the molecule is CC(C)(C)c1cc(NC(=O)Nc2ccc(-c3cnc4ccc(OCCCN5CCOCC5)nn34)cc2)no1. The standard InChI is InChI=1S/C27H33N7O4/c1-27(2,3)22-17-23(32-38-22)30-26(35)29-20-7-5-19(6-8-20)21-18-28-24-9-10-25(31-34(21)24)37-14-4-11-33-12-15-36-16-13-33/h5-10,17-18H,4,11-16H2,1-3H3,(H2,29,30,32,35). The molecule has 1 saturated heterocycles. The largest absolute Gasteiger partial charge is 0.477 e. The summed E-state index contributed by atoms with van der Waals surface area (Å²) in [7, 11) is 0. The molecule has 0 unspecified atom stereocenters. The van der Waals surface area contributed by atoms with Crippen LogP contribution in [0.5, 0.6) is 5.88 Å². The second-order valence-corrected chi connectivity index (χ2v) is 10.2. The third-order valence-corrected chi connectivity index (χ3v) is 6.24. The quantitative estimate of drug-likeness (QED) is 0.328. The van der Waals surface area contributed by atoms with Crippen molar-refractivity contribution in [1.82, 2.24) is 24.7 Å². The van der Waals surface area contributed by atoms with Crippen molar-refractivity contribution in [2.24, 2.45) is 0 Å². The molecule has 2 amide bonds. The van der Waals surface area contributed by atoms with E-state index >= 15 is 0 Å². The number of hydrogen-bond acceptors (Lipinski definition) is 8. The minimum Gasteiger partial charge on any atom is -0.477 e. The summed E-state index contributed by atoms with van der Waals surface area (Å²) in [6, 6.07) is 12.5. The number of aromatic nitrogens is 4. The maximum Gasteiger partial charge on any atom is 0.324 e. The molecule has 1 aromatic carbocycles. The Bertz CT molecular complexity index is 1370. The zero-order valence-corrected chi connectivity index (χ0v) is 21.9. The molecule has 1 fully saturated rings. The highest BCUT2D eigenvalue weighted by Gasteiger charge is 2.20. The predicted molar refractivity (Wildman–Crippen MR) is 144 cm³/mol. The Balaban J connectivity index is 1.18. The number of ether oxygens (including phenoxy) is 2. The number of anilines is 2. The molecule has 38 heavy (non-hydrogen) atoms. The van der Waals surface area contributed by atoms with Gasteiger partial charge >= 0.3 is 6.03 Å². The van der Waals surface area contributed by atoms with Crippen molar-refractivity contribution in [3.63, 3.8) is 0 Å². The van der Waals surface area contributed by atoms with E-state index in [1.54, 1.807) is 16.8 Å². The molecule has 200 valence electrons. The van der Waals surface area contributed by atoms with E-state index in [1.807, 2.05) is 57.2 Å². The summed E-state index contributed by atoms with van der Waals surface area (Å²) in [5.74, 6) is 1.61. The fourth-order valence-electron chi connectivity index (χ4n) is 4.11. The molecule has 3 aromatic heterocycles. The number of urea groups is 1. The van der Waals surface area contributed by atoms with E-state index in [-0.39, 0.29) is 5.41 Å². The molecule has 4 aromatic rings. The molecule has 0 bridgehead atoms. The number of hydrogen-bond donors (Lipinski definition) is 2. The molecule has 0 spiro atoms. The average molecular weight is 520 g/mol. The van der Waals surface area contributed by atoms with Crippen molar-refractivity contribution in [3.05, 3.63) is 54.4 Å². The first-order valence-corrected chi connectivity index (χ1v) is 12.8. The van der Waals surface area contributed by atoms with Crippen LogP contribution in [0, 0.1) is 0 Å². The molecule has 5 rings (SSSR count). The molecular formula is C27H33N7O4. The van der Waals surface area contributed by atoms with E-state index in [2.05, 4.69) is 30.8 Å². The van der Waals surface area contributed by atoms with Gasteiger partial charge in [-0.3, -0.25) is 10.2 Å². The number of rotatable bonds is 8. The minimum absolute atomic E-state index is 0.193. The second-order valence-electron chi connectivity index (χ2n) is 10.2. The number of nitrogens with zero attached hydrogens (tertiary/aromatic N) is 5. The third kappa shape index (κ3) is 6.29. The highest BCUT2D eigenvalue weighted by molar-refractivity contribution is 5.99. The van der Waals surface area contributed by atoms with Gasteiger partial charge in [0.15, 0.2) is 11.5 Å². The van der Waals surface area contributed by atoms with Gasteiger partial charge in [-0.15, -0.1) is 5.10 Å². The molecule has 0 aliphatic carbocycles. The predicted octanol–water partition coefficient (Wildman–Crippen LogP) is 4.43. The van der Waals surface area contributed by atoms with Crippen molar-refractivity contribution in [2.45, 2.75) is 32.6 Å². The Labute approximate surface area is 221 Å². The van der Waals surface area contributed by atoms with Crippen molar-refractivity contribution in [3.8, 4) is 17.1 Å². The first-order chi connectivity index (χ1) is 18.3. The van der Waals surface area contributed by atoms with Crippen LogP contribution in [0.15, 0.2) is 53.2 Å². The van der Waals surface area contributed by atoms with Gasteiger partial charge in [0.05, 0.1) is 31.7 Å². The fourth-order valence-corrected chi connectivity index (χ4v) is 4.11. The summed E-state index contributed by atoms with van der Waals surface area (Å²) >= 11 is 0. The molecule has 1 aliphatic heterocycles. The lowest BCUT2D eigenvalue weighted by Gasteiger charge is -2.26. The number of imidazole rings is 1. The average Bonchev–Trinajstić information content (AvgIpc) is 3.55. The highest BCUT2D eigenvalue weighted by atomic mass is 16.5. The molecule has 11 heteroatoms. The van der Waals surface area contributed by atoms with E-state index in [1.165, 1.54) is 0 Å². The van der Waals surface area contributed by atoms with Crippen molar-refractivity contribution in [2.75, 3.05) is 50.1 Å². The third-order valence-electron chi connectivity index (χ3n) is 6.24. The van der Waals surface area contributed by atoms with Gasteiger partial charge in [0.1, 0.15) is 5.76 Å². The van der Waals surface area contributed by atoms with Crippen LogP contribution in [0.4, 0.5) is 16.3 Å². The molecule has 0 saturated carbocycles. The number of carbonyl (C=O) groups is 1. The summed E-state index contributed by atoms with van der Waals surface area (Å²) in [4.78, 5) is 19.3. The Hall–Kier alpha value is -3.96. The topological polar surface area (TPSA) is 119 Å². The van der Waals surface area contributed by atoms with Crippen molar-refractivity contribution >= 4 is 23.2 Å². The number of benzene rings is 1. The van der Waals surface area contributed by atoms with Gasteiger partial charge in [-0.1, -0.05) is 38.1 Å². The van der Waals surface area contributed by atoms with Gasteiger partial charge in [0.2, 0.25) is 5.88 Å². The molecule has 1 aliphatic rings. The maximum absolute atomic E-state index is 12.4. The fraction of sp³-hybridized carbons (Fsp3) is 0.407. The molecule has 11 nitrogen and oxygen atoms in total. The summed E-state index contributed by atoms with van der Waals surface area (Å²) in [6.45, 7) is 11.2. The van der Waals surface area contributed by atoms with E-state index in [9.17, 15) is 4.79 Å². The van der Waals surface area contributed by atoms with Crippen LogP contribution in [-0.2, 0) is 10.2 Å². The first kappa shape index (κ1) is 25.7. The molecule has 2 N–H and O–H groups in total. The lowest BCUT2D eigenvalue weighted by atomic mass is 9.93. The Morgan fingerprint density at radius 3 is 2.61 bits per heavy atom. The molecular weight excluding hydrogens is 486 g/mol. The second kappa shape index (κ2) is 11.2. The van der Waals surface area contributed by atoms with Crippen LogP contribution < -0.4 is 15.4 Å². The molecule has 0 radical (unpaired) electrons. The lowest BCUT2D eigenvalue weighted by molar-refractivity contribution is 0.0357. The normalized spacial score (nSPS) is 14.5. The Morgan fingerprint density at radius 2 is 1.87 bits per heavy atom. The maximum atomic E-state index is 12.4. The number of morpholine rings is 1. The van der Waals surface area contributed by atoms with Crippen LogP contribution in [0.25, 0.3) is 16.9 Å². The number of carbonyl (C=O) groups excluding carboxylic acids is 1. The van der Waals surface area contributed by atoms with E-state index in [0.717, 1.165) is 56.2 Å². The summed E-state index contributed by atoms with van der Waals surface area (Å²) in [5.41, 5.74) is 2.90. The van der Waals surface area contributed by atoms with E-state index < -0.39 is 6.03 Å². The Morgan fingerprint density at radius 1 is 1.08 bits per heavy atom. The number of amides is 2. The summed E-state index contributed by atoms with van der Waals surface area (Å²) in [6.07, 6.45) is 2.70. The number of fused-ring (bicyclic) bond motifs is 1. The number of nitrogens with one attached hydrogen (secondary N) is 2. The Kier molecular flexibility index (Phi) is 7.57. The van der Waals surface area contributed by atoms with Crippen LogP contribution >= 0.6 is 0 Å². The van der Waals surface area contributed by atoms with Gasteiger partial charge in [-0.2, -0.15) is 0 Å².